The van der Waals surface area contributed by atoms with Crippen LogP contribution in [0, 0.1) is 0 Å². The molecule has 1 saturated heterocycles. The Morgan fingerprint density at radius 2 is 2.12 bits per heavy atom. The quantitative estimate of drug-likeness (QED) is 0.810. The Bertz CT molecular complexity index is 372. The minimum absolute atomic E-state index is 0.106. The smallest absolute Gasteiger partial charge is 0.164 e. The molecule has 1 aromatic carbocycles. The molecule has 0 amide bonds. The Morgan fingerprint density at radius 1 is 1.38 bits per heavy atom. The summed E-state index contributed by atoms with van der Waals surface area (Å²) in [5.74, 6) is 0.106. The van der Waals surface area contributed by atoms with E-state index in [1.165, 1.54) is 0 Å². The Labute approximate surface area is 99.3 Å². The molecule has 86 valence electrons. The van der Waals surface area contributed by atoms with Gasteiger partial charge in [-0.25, -0.2) is 0 Å². The van der Waals surface area contributed by atoms with Crippen molar-refractivity contribution in [2.24, 2.45) is 0 Å². The van der Waals surface area contributed by atoms with Gasteiger partial charge in [-0.15, -0.1) is 0 Å². The summed E-state index contributed by atoms with van der Waals surface area (Å²) in [6, 6.07) is 7.32. The molecule has 0 spiro atoms. The predicted octanol–water partition coefficient (Wildman–Crippen LogP) is 2.21. The molecular weight excluding hydrogens is 228 g/mol. The summed E-state index contributed by atoms with van der Waals surface area (Å²) in [6.07, 6.45) is 0.336. The maximum absolute atomic E-state index is 11.7. The molecule has 1 aliphatic rings. The lowest BCUT2D eigenvalue weighted by atomic mass is 10.1. The summed E-state index contributed by atoms with van der Waals surface area (Å²) in [6.45, 7) is 1.16. The lowest BCUT2D eigenvalue weighted by Crippen LogP contribution is -2.15. The SMILES string of the molecule is O=C(Cc1cccc(Cl)c1)CC1OCCO1. The highest BCUT2D eigenvalue weighted by Gasteiger charge is 2.19. The van der Waals surface area contributed by atoms with Crippen LogP contribution < -0.4 is 0 Å². The zero-order valence-electron chi connectivity index (χ0n) is 8.82. The fraction of sp³-hybridized carbons (Fsp3) is 0.417. The van der Waals surface area contributed by atoms with Crippen LogP contribution in [0.3, 0.4) is 0 Å². The molecule has 0 atom stereocenters. The van der Waals surface area contributed by atoms with E-state index in [1.54, 1.807) is 12.1 Å². The maximum atomic E-state index is 11.7. The van der Waals surface area contributed by atoms with Gasteiger partial charge in [0.2, 0.25) is 0 Å². The van der Waals surface area contributed by atoms with Crippen LogP contribution in [0.15, 0.2) is 24.3 Å². The molecule has 0 N–H and O–H groups in total. The number of halogens is 1. The van der Waals surface area contributed by atoms with Gasteiger partial charge in [-0.3, -0.25) is 4.79 Å². The first-order valence-electron chi connectivity index (χ1n) is 5.23. The van der Waals surface area contributed by atoms with Crippen molar-refractivity contribution in [3.8, 4) is 0 Å². The molecule has 0 aromatic heterocycles. The molecule has 2 rings (SSSR count). The predicted molar refractivity (Wildman–Crippen MR) is 60.5 cm³/mol. The fourth-order valence-corrected chi connectivity index (χ4v) is 1.87. The Morgan fingerprint density at radius 3 is 2.81 bits per heavy atom. The van der Waals surface area contributed by atoms with Crippen molar-refractivity contribution in [2.45, 2.75) is 19.1 Å². The molecule has 16 heavy (non-hydrogen) atoms. The van der Waals surface area contributed by atoms with Crippen molar-refractivity contribution in [1.82, 2.24) is 0 Å². The number of benzene rings is 1. The number of ether oxygens (including phenoxy) is 2. The molecule has 1 aliphatic heterocycles. The molecular formula is C12H13ClO3. The number of ketones is 1. The zero-order valence-corrected chi connectivity index (χ0v) is 9.57. The lowest BCUT2D eigenvalue weighted by Gasteiger charge is -2.07. The molecule has 4 heteroatoms. The second-order valence-electron chi connectivity index (χ2n) is 3.72. The molecule has 0 saturated carbocycles. The average molecular weight is 241 g/mol. The Hall–Kier alpha value is -0.900. The molecule has 3 nitrogen and oxygen atoms in total. The largest absolute Gasteiger partial charge is 0.350 e. The molecule has 0 unspecified atom stereocenters. The number of Topliss-reactive ketones (excluding diaryl/α,β-unsaturated/α-hetero) is 1. The van der Waals surface area contributed by atoms with Crippen molar-refractivity contribution in [3.63, 3.8) is 0 Å². The van der Waals surface area contributed by atoms with Gasteiger partial charge in [0.05, 0.1) is 19.6 Å². The summed E-state index contributed by atoms with van der Waals surface area (Å²) in [7, 11) is 0. The topological polar surface area (TPSA) is 35.5 Å². The number of carbonyl (C=O) groups excluding carboxylic acids is 1. The van der Waals surface area contributed by atoms with Crippen molar-refractivity contribution >= 4 is 17.4 Å². The van der Waals surface area contributed by atoms with Gasteiger partial charge >= 0.3 is 0 Å². The van der Waals surface area contributed by atoms with E-state index in [-0.39, 0.29) is 12.1 Å². The molecule has 0 radical (unpaired) electrons. The first kappa shape index (κ1) is 11.6. The third-order valence-corrected chi connectivity index (χ3v) is 2.61. The lowest BCUT2D eigenvalue weighted by molar-refractivity contribution is -0.126. The number of rotatable bonds is 4. The van der Waals surface area contributed by atoms with Crippen LogP contribution in [-0.4, -0.2) is 25.3 Å². The van der Waals surface area contributed by atoms with Gasteiger partial charge in [0.1, 0.15) is 5.78 Å². The van der Waals surface area contributed by atoms with Crippen molar-refractivity contribution in [2.75, 3.05) is 13.2 Å². The van der Waals surface area contributed by atoms with Crippen molar-refractivity contribution in [3.05, 3.63) is 34.9 Å². The maximum Gasteiger partial charge on any atom is 0.164 e. The van der Waals surface area contributed by atoms with Crippen LogP contribution in [0.4, 0.5) is 0 Å². The van der Waals surface area contributed by atoms with E-state index in [1.807, 2.05) is 12.1 Å². The third-order valence-electron chi connectivity index (χ3n) is 2.38. The molecule has 0 bridgehead atoms. The third kappa shape index (κ3) is 3.30. The van der Waals surface area contributed by atoms with Gasteiger partial charge < -0.3 is 9.47 Å². The number of hydrogen-bond donors (Lipinski definition) is 0. The molecule has 0 aliphatic carbocycles. The van der Waals surface area contributed by atoms with E-state index in [9.17, 15) is 4.79 Å². The summed E-state index contributed by atoms with van der Waals surface area (Å²) >= 11 is 5.84. The van der Waals surface area contributed by atoms with Crippen LogP contribution in [0.25, 0.3) is 0 Å². The first-order chi connectivity index (χ1) is 7.74. The zero-order chi connectivity index (χ0) is 11.4. The van der Waals surface area contributed by atoms with E-state index in [0.717, 1.165) is 5.56 Å². The fourth-order valence-electron chi connectivity index (χ4n) is 1.66. The van der Waals surface area contributed by atoms with Gasteiger partial charge in [0.25, 0.3) is 0 Å². The van der Waals surface area contributed by atoms with E-state index >= 15 is 0 Å². The Kier molecular flexibility index (Phi) is 3.93. The first-order valence-corrected chi connectivity index (χ1v) is 5.61. The Balaban J connectivity index is 1.86. The van der Waals surface area contributed by atoms with Crippen molar-refractivity contribution in [1.29, 1.82) is 0 Å². The molecule has 1 heterocycles. The van der Waals surface area contributed by atoms with E-state index < -0.39 is 0 Å². The van der Waals surface area contributed by atoms with Crippen LogP contribution in [0.5, 0.6) is 0 Å². The summed E-state index contributed by atoms with van der Waals surface area (Å²) in [4.78, 5) is 11.7. The van der Waals surface area contributed by atoms with Gasteiger partial charge in [-0.1, -0.05) is 23.7 Å². The second-order valence-corrected chi connectivity index (χ2v) is 4.16. The normalized spacial score (nSPS) is 16.6. The van der Waals surface area contributed by atoms with Crippen LogP contribution in [-0.2, 0) is 20.7 Å². The highest BCUT2D eigenvalue weighted by molar-refractivity contribution is 6.30. The summed E-state index contributed by atoms with van der Waals surface area (Å²) in [5.41, 5.74) is 0.926. The minimum Gasteiger partial charge on any atom is -0.350 e. The van der Waals surface area contributed by atoms with Crippen LogP contribution in [0.2, 0.25) is 5.02 Å². The van der Waals surface area contributed by atoms with Gasteiger partial charge in [-0.05, 0) is 17.7 Å². The standard InChI is InChI=1S/C12H13ClO3/c13-10-3-1-2-9(6-10)7-11(14)8-12-15-4-5-16-12/h1-3,6,12H,4-5,7-8H2. The van der Waals surface area contributed by atoms with Crippen LogP contribution in [0.1, 0.15) is 12.0 Å². The highest BCUT2D eigenvalue weighted by atomic mass is 35.5. The van der Waals surface area contributed by atoms with E-state index in [4.69, 9.17) is 21.1 Å². The monoisotopic (exact) mass is 240 g/mol. The van der Waals surface area contributed by atoms with Crippen molar-refractivity contribution < 1.29 is 14.3 Å². The van der Waals surface area contributed by atoms with Gasteiger partial charge in [0, 0.05) is 11.4 Å². The average Bonchev–Trinajstić information content (AvgIpc) is 2.70. The highest BCUT2D eigenvalue weighted by Crippen LogP contribution is 2.14. The molecule has 1 fully saturated rings. The van der Waals surface area contributed by atoms with Gasteiger partial charge in [-0.2, -0.15) is 0 Å². The summed E-state index contributed by atoms with van der Waals surface area (Å²) < 4.78 is 10.4. The van der Waals surface area contributed by atoms with E-state index in [2.05, 4.69) is 0 Å². The van der Waals surface area contributed by atoms with E-state index in [0.29, 0.717) is 31.1 Å². The minimum atomic E-state index is -0.355. The second kappa shape index (κ2) is 5.43. The number of carbonyl (C=O) groups is 1. The number of hydrogen-bond acceptors (Lipinski definition) is 3. The molecule has 1 aromatic rings. The summed E-state index contributed by atoms with van der Waals surface area (Å²) in [5, 5.41) is 0.652. The van der Waals surface area contributed by atoms with Gasteiger partial charge in [0.15, 0.2) is 6.29 Å². The van der Waals surface area contributed by atoms with Crippen LogP contribution >= 0.6 is 11.6 Å².